The van der Waals surface area contributed by atoms with Crippen LogP contribution < -0.4 is 5.32 Å². The fourth-order valence-electron chi connectivity index (χ4n) is 1.41. The van der Waals surface area contributed by atoms with E-state index in [1.165, 1.54) is 0 Å². The molecule has 0 aliphatic heterocycles. The minimum Gasteiger partial charge on any atom is -0.396 e. The molecule has 0 spiro atoms. The highest BCUT2D eigenvalue weighted by molar-refractivity contribution is 8.11. The smallest absolute Gasteiger partial charge is 0.130 e. The molecule has 1 rings (SSSR count). The summed E-state index contributed by atoms with van der Waals surface area (Å²) >= 11 is 8.83. The van der Waals surface area contributed by atoms with Crippen LogP contribution in [0, 0.1) is 5.92 Å². The highest BCUT2D eigenvalue weighted by atomic mass is 32.1. The Bertz CT molecular complexity index is 193. The van der Waals surface area contributed by atoms with E-state index in [-0.39, 0.29) is 18.6 Å². The molecule has 0 fully saturated rings. The van der Waals surface area contributed by atoms with Crippen molar-refractivity contribution in [2.75, 3.05) is 6.61 Å². The Morgan fingerprint density at radius 1 is 1.58 bits per heavy atom. The van der Waals surface area contributed by atoms with Crippen LogP contribution in [0.1, 0.15) is 12.8 Å². The van der Waals surface area contributed by atoms with Crippen LogP contribution in [0.5, 0.6) is 0 Å². The van der Waals surface area contributed by atoms with Crippen molar-refractivity contribution in [3.63, 3.8) is 0 Å². The van der Waals surface area contributed by atoms with E-state index < -0.39 is 0 Å². The van der Waals surface area contributed by atoms with Crippen LogP contribution in [-0.2, 0) is 0 Å². The maximum atomic E-state index is 9.03. The van der Waals surface area contributed by atoms with Gasteiger partial charge < -0.3 is 10.4 Å². The highest BCUT2D eigenvalue weighted by Gasteiger charge is 2.21. The molecule has 2 atom stereocenters. The van der Waals surface area contributed by atoms with Gasteiger partial charge in [0, 0.05) is 18.6 Å². The first-order chi connectivity index (χ1) is 5.74. The molecule has 0 radical (unpaired) electrons. The van der Waals surface area contributed by atoms with Crippen LogP contribution >= 0.6 is 24.8 Å². The number of aliphatic hydroxyl groups excluding tert-OH is 1. The highest BCUT2D eigenvalue weighted by Crippen LogP contribution is 2.18. The summed E-state index contributed by atoms with van der Waals surface area (Å²) in [6.45, 7) is 0.207. The second kappa shape index (κ2) is 4.84. The minimum atomic E-state index is 0.207. The Balaban J connectivity index is 2.49. The first-order valence-electron chi connectivity index (χ1n) is 3.99. The van der Waals surface area contributed by atoms with Crippen LogP contribution in [-0.4, -0.2) is 22.1 Å². The zero-order chi connectivity index (χ0) is 8.97. The van der Waals surface area contributed by atoms with Crippen LogP contribution in [0.2, 0.25) is 0 Å². The fourth-order valence-corrected chi connectivity index (χ4v) is 1.72. The third-order valence-electron chi connectivity index (χ3n) is 2.11. The number of aliphatic hydroxyl groups is 1. The molecular weight excluding hydrogens is 190 g/mol. The molecule has 0 heterocycles. The fraction of sp³-hybridized carbons (Fsp3) is 0.625. The first-order valence-corrected chi connectivity index (χ1v) is 4.85. The van der Waals surface area contributed by atoms with Gasteiger partial charge in [0.05, 0.1) is 0 Å². The summed E-state index contributed by atoms with van der Waals surface area (Å²) in [5, 5.41) is 12.1. The number of thiocarbonyl (C=S) groups is 1. The summed E-state index contributed by atoms with van der Waals surface area (Å²) in [6, 6.07) is 0.255. The number of thiol groups is 1. The number of nitrogens with one attached hydrogen (secondary N) is 1. The Kier molecular flexibility index (Phi) is 4.05. The second-order valence-electron chi connectivity index (χ2n) is 2.94. The average Bonchev–Trinajstić information content (AvgIpc) is 2.04. The van der Waals surface area contributed by atoms with E-state index in [2.05, 4.69) is 30.1 Å². The SMILES string of the molecule is OC[C@@H]1CC=CC[C@@H]1NC(=S)S. The topological polar surface area (TPSA) is 32.3 Å². The molecule has 68 valence electrons. The van der Waals surface area contributed by atoms with Crippen molar-refractivity contribution in [2.45, 2.75) is 18.9 Å². The zero-order valence-corrected chi connectivity index (χ0v) is 8.44. The van der Waals surface area contributed by atoms with Gasteiger partial charge in [0.15, 0.2) is 0 Å². The monoisotopic (exact) mass is 203 g/mol. The third-order valence-corrected chi connectivity index (χ3v) is 2.35. The van der Waals surface area contributed by atoms with E-state index in [1.54, 1.807) is 0 Å². The second-order valence-corrected chi connectivity index (χ2v) is 4.10. The Labute approximate surface area is 83.5 Å². The molecule has 0 aromatic carbocycles. The Hall–Kier alpha value is -0.0600. The van der Waals surface area contributed by atoms with Crippen LogP contribution in [0.25, 0.3) is 0 Å². The van der Waals surface area contributed by atoms with Crippen molar-refractivity contribution in [3.8, 4) is 0 Å². The number of hydrogen-bond acceptors (Lipinski definition) is 2. The summed E-state index contributed by atoms with van der Waals surface area (Å²) in [5.41, 5.74) is 0. The van der Waals surface area contributed by atoms with E-state index in [0.29, 0.717) is 4.32 Å². The van der Waals surface area contributed by atoms with E-state index in [0.717, 1.165) is 12.8 Å². The first kappa shape index (κ1) is 10.0. The molecule has 0 aromatic rings. The van der Waals surface area contributed by atoms with E-state index in [9.17, 15) is 0 Å². The zero-order valence-electron chi connectivity index (χ0n) is 6.73. The van der Waals surface area contributed by atoms with Gasteiger partial charge >= 0.3 is 0 Å². The lowest BCUT2D eigenvalue weighted by Gasteiger charge is -2.27. The molecule has 0 saturated heterocycles. The molecule has 4 heteroatoms. The summed E-state index contributed by atoms with van der Waals surface area (Å²) < 4.78 is 0.508. The molecule has 0 aromatic heterocycles. The van der Waals surface area contributed by atoms with Crippen LogP contribution in [0.4, 0.5) is 0 Å². The number of hydrogen-bond donors (Lipinski definition) is 3. The molecule has 1 aliphatic carbocycles. The van der Waals surface area contributed by atoms with Gasteiger partial charge in [-0.15, -0.1) is 12.6 Å². The Morgan fingerprint density at radius 3 is 2.83 bits per heavy atom. The molecule has 0 amide bonds. The van der Waals surface area contributed by atoms with Crippen molar-refractivity contribution in [2.24, 2.45) is 5.92 Å². The van der Waals surface area contributed by atoms with Gasteiger partial charge in [-0.2, -0.15) is 0 Å². The summed E-state index contributed by atoms with van der Waals surface area (Å²) in [4.78, 5) is 0. The quantitative estimate of drug-likeness (QED) is 0.357. The molecule has 0 bridgehead atoms. The molecule has 2 N–H and O–H groups in total. The third kappa shape index (κ3) is 2.77. The van der Waals surface area contributed by atoms with Crippen molar-refractivity contribution >= 4 is 29.2 Å². The van der Waals surface area contributed by atoms with Gasteiger partial charge in [-0.1, -0.05) is 24.4 Å². The number of allylic oxidation sites excluding steroid dienone is 1. The van der Waals surface area contributed by atoms with Crippen LogP contribution in [0.15, 0.2) is 12.2 Å². The maximum absolute atomic E-state index is 9.03. The normalized spacial score (nSPS) is 28.5. The van der Waals surface area contributed by atoms with Crippen molar-refractivity contribution in [1.82, 2.24) is 5.32 Å². The lowest BCUT2D eigenvalue weighted by Crippen LogP contribution is -2.40. The largest absolute Gasteiger partial charge is 0.396 e. The van der Waals surface area contributed by atoms with Gasteiger partial charge in [0.1, 0.15) is 4.32 Å². The minimum absolute atomic E-state index is 0.207. The van der Waals surface area contributed by atoms with Crippen molar-refractivity contribution in [1.29, 1.82) is 0 Å². The summed E-state index contributed by atoms with van der Waals surface area (Å²) in [7, 11) is 0. The van der Waals surface area contributed by atoms with Crippen LogP contribution in [0.3, 0.4) is 0 Å². The van der Waals surface area contributed by atoms with Gasteiger partial charge in [-0.25, -0.2) is 0 Å². The van der Waals surface area contributed by atoms with E-state index >= 15 is 0 Å². The van der Waals surface area contributed by atoms with E-state index in [1.807, 2.05) is 0 Å². The van der Waals surface area contributed by atoms with Gasteiger partial charge in [-0.3, -0.25) is 0 Å². The number of rotatable bonds is 2. The van der Waals surface area contributed by atoms with Gasteiger partial charge in [0.2, 0.25) is 0 Å². The van der Waals surface area contributed by atoms with Gasteiger partial charge in [-0.05, 0) is 12.8 Å². The molecular formula is C8H13NOS2. The Morgan fingerprint density at radius 2 is 2.25 bits per heavy atom. The lowest BCUT2D eigenvalue weighted by atomic mass is 9.90. The van der Waals surface area contributed by atoms with Crippen molar-refractivity contribution in [3.05, 3.63) is 12.2 Å². The average molecular weight is 203 g/mol. The summed E-state index contributed by atoms with van der Waals surface area (Å²) in [5.74, 6) is 0.278. The molecule has 12 heavy (non-hydrogen) atoms. The molecule has 0 unspecified atom stereocenters. The molecule has 1 aliphatic rings. The standard InChI is InChI=1S/C8H13NOS2/c10-5-6-3-1-2-4-7(6)9-8(11)12/h1-2,6-7,10H,3-5H2,(H2,9,11,12)/t6-,7-/m0/s1. The lowest BCUT2D eigenvalue weighted by molar-refractivity contribution is 0.195. The summed E-state index contributed by atoms with van der Waals surface area (Å²) in [6.07, 6.45) is 6.05. The predicted octanol–water partition coefficient (Wildman–Crippen LogP) is 1.12. The van der Waals surface area contributed by atoms with Gasteiger partial charge in [0.25, 0.3) is 0 Å². The molecule has 0 saturated carbocycles. The molecule has 2 nitrogen and oxygen atoms in total. The van der Waals surface area contributed by atoms with E-state index in [4.69, 9.17) is 17.3 Å². The predicted molar refractivity (Wildman–Crippen MR) is 57.5 cm³/mol. The van der Waals surface area contributed by atoms with Crippen molar-refractivity contribution < 1.29 is 5.11 Å². The maximum Gasteiger partial charge on any atom is 0.130 e.